The van der Waals surface area contributed by atoms with E-state index in [9.17, 15) is 4.79 Å². The zero-order chi connectivity index (χ0) is 21.5. The summed E-state index contributed by atoms with van der Waals surface area (Å²) >= 11 is 0. The molecule has 5 aromatic rings. The minimum Gasteiger partial charge on any atom is -0.361 e. The Kier molecular flexibility index (Phi) is 4.58. The van der Waals surface area contributed by atoms with Gasteiger partial charge < -0.3 is 10.3 Å². The predicted octanol–water partition coefficient (Wildman–Crippen LogP) is 5.30. The molecule has 0 bridgehead atoms. The van der Waals surface area contributed by atoms with Crippen molar-refractivity contribution < 1.29 is 4.79 Å². The van der Waals surface area contributed by atoms with E-state index in [1.165, 1.54) is 0 Å². The molecule has 3 aromatic heterocycles. The Hall–Kier alpha value is -3.87. The van der Waals surface area contributed by atoms with Crippen molar-refractivity contribution in [2.45, 2.75) is 33.2 Å². The molecule has 0 spiro atoms. The molecule has 0 aliphatic carbocycles. The molecule has 2 aromatic carbocycles. The third-order valence-electron chi connectivity index (χ3n) is 5.64. The van der Waals surface area contributed by atoms with E-state index in [1.54, 1.807) is 10.9 Å². The van der Waals surface area contributed by atoms with Gasteiger partial charge in [0.15, 0.2) is 0 Å². The van der Waals surface area contributed by atoms with E-state index in [0.717, 1.165) is 38.6 Å². The van der Waals surface area contributed by atoms with Gasteiger partial charge >= 0.3 is 0 Å². The van der Waals surface area contributed by atoms with Crippen LogP contribution in [0.4, 0.5) is 5.69 Å². The van der Waals surface area contributed by atoms with Crippen molar-refractivity contribution in [2.24, 2.45) is 0 Å². The fraction of sp³-hybridized carbons (Fsp3) is 0.208. The number of anilines is 1. The molecule has 0 aliphatic heterocycles. The summed E-state index contributed by atoms with van der Waals surface area (Å²) in [5.41, 5.74) is 6.21. The first-order valence-electron chi connectivity index (χ1n) is 10.5. The van der Waals surface area contributed by atoms with Gasteiger partial charge in [-0.15, -0.1) is 0 Å². The van der Waals surface area contributed by atoms with Gasteiger partial charge in [-0.2, -0.15) is 10.2 Å². The summed E-state index contributed by atoms with van der Waals surface area (Å²) in [6.07, 6.45) is 3.67. The van der Waals surface area contributed by atoms with Crippen molar-refractivity contribution in [2.75, 3.05) is 5.32 Å². The fourth-order valence-corrected chi connectivity index (χ4v) is 3.98. The lowest BCUT2D eigenvalue weighted by Gasteiger charge is -2.11. The molecule has 0 saturated carbocycles. The molecule has 0 atom stereocenters. The van der Waals surface area contributed by atoms with Gasteiger partial charge in [-0.1, -0.05) is 26.0 Å². The summed E-state index contributed by atoms with van der Waals surface area (Å²) in [7, 11) is 0. The molecule has 5 rings (SSSR count). The molecule has 7 heteroatoms. The zero-order valence-corrected chi connectivity index (χ0v) is 17.7. The molecule has 3 heterocycles. The van der Waals surface area contributed by atoms with Crippen molar-refractivity contribution in [1.82, 2.24) is 25.0 Å². The number of hydrogen-bond acceptors (Lipinski definition) is 3. The smallest absolute Gasteiger partial charge is 0.273 e. The first-order chi connectivity index (χ1) is 15.0. The number of aryl methyl sites for hydroxylation is 1. The number of nitrogens with zero attached hydrogens (tertiary/aromatic N) is 3. The van der Waals surface area contributed by atoms with Crippen LogP contribution in [-0.4, -0.2) is 30.9 Å². The van der Waals surface area contributed by atoms with Crippen LogP contribution in [0, 0.1) is 0 Å². The molecular weight excluding hydrogens is 388 g/mol. The molecule has 31 heavy (non-hydrogen) atoms. The van der Waals surface area contributed by atoms with Crippen LogP contribution in [0.1, 0.15) is 42.9 Å². The van der Waals surface area contributed by atoms with Gasteiger partial charge in [-0.05, 0) is 54.3 Å². The second-order valence-electron chi connectivity index (χ2n) is 7.98. The van der Waals surface area contributed by atoms with Crippen molar-refractivity contribution in [3.8, 4) is 11.1 Å². The van der Waals surface area contributed by atoms with Crippen LogP contribution in [0.2, 0.25) is 0 Å². The van der Waals surface area contributed by atoms with E-state index in [4.69, 9.17) is 0 Å². The molecule has 156 valence electrons. The first kappa shape index (κ1) is 19.1. The van der Waals surface area contributed by atoms with Gasteiger partial charge in [0.2, 0.25) is 0 Å². The van der Waals surface area contributed by atoms with Crippen LogP contribution in [-0.2, 0) is 6.54 Å². The van der Waals surface area contributed by atoms with E-state index in [-0.39, 0.29) is 11.8 Å². The van der Waals surface area contributed by atoms with E-state index < -0.39 is 0 Å². The highest BCUT2D eigenvalue weighted by molar-refractivity contribution is 6.09. The lowest BCUT2D eigenvalue weighted by Crippen LogP contribution is -2.17. The third kappa shape index (κ3) is 3.28. The van der Waals surface area contributed by atoms with Crippen molar-refractivity contribution in [3.05, 3.63) is 66.2 Å². The molecule has 0 saturated heterocycles. The van der Waals surface area contributed by atoms with Gasteiger partial charge in [-0.3, -0.25) is 14.6 Å². The number of benzene rings is 2. The number of hydrogen-bond donors (Lipinski definition) is 3. The van der Waals surface area contributed by atoms with Gasteiger partial charge in [0.1, 0.15) is 5.69 Å². The minimum atomic E-state index is -0.180. The van der Waals surface area contributed by atoms with Crippen molar-refractivity contribution in [1.29, 1.82) is 0 Å². The molecule has 0 unspecified atom stereocenters. The van der Waals surface area contributed by atoms with Crippen LogP contribution < -0.4 is 5.32 Å². The van der Waals surface area contributed by atoms with E-state index >= 15 is 0 Å². The Morgan fingerprint density at radius 1 is 1.13 bits per heavy atom. The predicted molar refractivity (Wildman–Crippen MR) is 123 cm³/mol. The SMILES string of the molecule is CCn1nc(C(C)C)cc1C(=O)Nc1cc(-c2cccc3[nH]ccc23)cc2[nH]ncc12. The summed E-state index contributed by atoms with van der Waals surface area (Å²) in [5, 5.41) is 16.9. The zero-order valence-electron chi connectivity index (χ0n) is 17.7. The summed E-state index contributed by atoms with van der Waals surface area (Å²) in [6, 6.07) is 14.2. The molecule has 1 amide bonds. The lowest BCUT2D eigenvalue weighted by atomic mass is 9.99. The normalized spacial score (nSPS) is 11.6. The average Bonchev–Trinajstić information content (AvgIpc) is 3.51. The van der Waals surface area contributed by atoms with Crippen LogP contribution in [0.3, 0.4) is 0 Å². The Morgan fingerprint density at radius 2 is 2.00 bits per heavy atom. The Bertz CT molecular complexity index is 1400. The molecule has 7 nitrogen and oxygen atoms in total. The summed E-state index contributed by atoms with van der Waals surface area (Å²) in [4.78, 5) is 16.5. The van der Waals surface area contributed by atoms with E-state index in [1.807, 2.05) is 31.3 Å². The second-order valence-corrected chi connectivity index (χ2v) is 7.98. The fourth-order valence-electron chi connectivity index (χ4n) is 3.98. The molecule has 0 aliphatic rings. The highest BCUT2D eigenvalue weighted by atomic mass is 16.2. The third-order valence-corrected chi connectivity index (χ3v) is 5.64. The van der Waals surface area contributed by atoms with Crippen molar-refractivity contribution in [3.63, 3.8) is 0 Å². The average molecular weight is 412 g/mol. The Morgan fingerprint density at radius 3 is 2.81 bits per heavy atom. The van der Waals surface area contributed by atoms with Crippen LogP contribution in [0.15, 0.2) is 54.9 Å². The Labute approximate surface area is 179 Å². The number of aromatic nitrogens is 5. The van der Waals surface area contributed by atoms with Gasteiger partial charge in [0.05, 0.1) is 23.1 Å². The van der Waals surface area contributed by atoms with E-state index in [0.29, 0.717) is 17.9 Å². The topological polar surface area (TPSA) is 91.4 Å². The molecule has 0 radical (unpaired) electrons. The van der Waals surface area contributed by atoms with Gasteiger partial charge in [0, 0.05) is 29.0 Å². The first-order valence-corrected chi connectivity index (χ1v) is 10.5. The lowest BCUT2D eigenvalue weighted by molar-refractivity contribution is 0.101. The largest absolute Gasteiger partial charge is 0.361 e. The van der Waals surface area contributed by atoms with Crippen molar-refractivity contribution >= 4 is 33.4 Å². The van der Waals surface area contributed by atoms with Crippen LogP contribution in [0.5, 0.6) is 0 Å². The number of nitrogens with one attached hydrogen (secondary N) is 3. The number of carbonyl (C=O) groups excluding carboxylic acids is 1. The van der Waals surface area contributed by atoms with Crippen LogP contribution in [0.25, 0.3) is 32.9 Å². The number of H-pyrrole nitrogens is 2. The Balaban J connectivity index is 1.59. The molecule has 0 fully saturated rings. The number of rotatable bonds is 5. The molecule has 3 N–H and O–H groups in total. The summed E-state index contributed by atoms with van der Waals surface area (Å²) < 4.78 is 1.75. The summed E-state index contributed by atoms with van der Waals surface area (Å²) in [5.74, 6) is 0.0749. The highest BCUT2D eigenvalue weighted by Crippen LogP contribution is 2.34. The summed E-state index contributed by atoms with van der Waals surface area (Å²) in [6.45, 7) is 6.76. The van der Waals surface area contributed by atoms with Gasteiger partial charge in [0.25, 0.3) is 5.91 Å². The maximum Gasteiger partial charge on any atom is 0.273 e. The number of carbonyl (C=O) groups is 1. The monoisotopic (exact) mass is 412 g/mol. The van der Waals surface area contributed by atoms with Crippen LogP contribution >= 0.6 is 0 Å². The maximum absolute atomic E-state index is 13.2. The highest BCUT2D eigenvalue weighted by Gasteiger charge is 2.18. The minimum absolute atomic E-state index is 0.180. The van der Waals surface area contributed by atoms with Gasteiger partial charge in [-0.25, -0.2) is 0 Å². The number of fused-ring (bicyclic) bond motifs is 2. The second kappa shape index (κ2) is 7.43. The maximum atomic E-state index is 13.2. The standard InChI is InChI=1S/C24H24N6O/c1-4-30-23(12-20(29-30)14(2)3)24(31)27-21-10-15(11-22-18(21)13-26-28-22)16-6-5-7-19-17(16)8-9-25-19/h5-14,25H,4H2,1-3H3,(H,26,28)(H,27,31). The molecular formula is C24H24N6O. The number of aromatic amines is 2. The van der Waals surface area contributed by atoms with E-state index in [2.05, 4.69) is 63.7 Å². The quantitative estimate of drug-likeness (QED) is 0.366. The number of amides is 1.